The molecule has 5 heteroatoms. The zero-order valence-corrected chi connectivity index (χ0v) is 14.8. The third kappa shape index (κ3) is 4.10. The molecule has 1 fully saturated rings. The van der Waals surface area contributed by atoms with Crippen molar-refractivity contribution in [2.75, 3.05) is 19.8 Å². The van der Waals surface area contributed by atoms with E-state index < -0.39 is 0 Å². The lowest BCUT2D eigenvalue weighted by Crippen LogP contribution is -2.34. The fraction of sp³-hybridized carbons (Fsp3) is 0.550. The SMILES string of the molecule is CCOC[C@@H]1CN(Cc2ccc(F)cc2)Cc2nn(CC3CC3)cc21. The Hall–Kier alpha value is -1.72. The largest absolute Gasteiger partial charge is 0.381 e. The van der Waals surface area contributed by atoms with E-state index in [-0.39, 0.29) is 5.82 Å². The summed E-state index contributed by atoms with van der Waals surface area (Å²) < 4.78 is 21.0. The fourth-order valence-corrected chi connectivity index (χ4v) is 3.66. The summed E-state index contributed by atoms with van der Waals surface area (Å²) in [6.45, 7) is 7.19. The van der Waals surface area contributed by atoms with Crippen molar-refractivity contribution in [2.24, 2.45) is 5.92 Å². The number of rotatable bonds is 7. The summed E-state index contributed by atoms with van der Waals surface area (Å²) in [4.78, 5) is 2.40. The van der Waals surface area contributed by atoms with Crippen LogP contribution in [0.2, 0.25) is 0 Å². The van der Waals surface area contributed by atoms with Gasteiger partial charge >= 0.3 is 0 Å². The Bertz CT molecular complexity index is 708. The number of aromatic nitrogens is 2. The van der Waals surface area contributed by atoms with Crippen molar-refractivity contribution < 1.29 is 9.13 Å². The molecule has 0 N–H and O–H groups in total. The van der Waals surface area contributed by atoms with Gasteiger partial charge in [-0.2, -0.15) is 5.10 Å². The van der Waals surface area contributed by atoms with E-state index in [1.54, 1.807) is 0 Å². The van der Waals surface area contributed by atoms with Crippen LogP contribution >= 0.6 is 0 Å². The summed E-state index contributed by atoms with van der Waals surface area (Å²) in [5.74, 6) is 0.997. The highest BCUT2D eigenvalue weighted by molar-refractivity contribution is 5.26. The molecule has 0 amide bonds. The van der Waals surface area contributed by atoms with Gasteiger partial charge in [0.25, 0.3) is 0 Å². The molecule has 0 spiro atoms. The molecule has 0 saturated heterocycles. The molecule has 1 aliphatic carbocycles. The van der Waals surface area contributed by atoms with Gasteiger partial charge in [-0.3, -0.25) is 9.58 Å². The second-order valence-corrected chi connectivity index (χ2v) is 7.35. The van der Waals surface area contributed by atoms with Crippen molar-refractivity contribution in [1.82, 2.24) is 14.7 Å². The van der Waals surface area contributed by atoms with E-state index in [2.05, 4.69) is 15.8 Å². The Kier molecular flexibility index (Phi) is 4.86. The summed E-state index contributed by atoms with van der Waals surface area (Å²) in [7, 11) is 0. The molecular weight excluding hydrogens is 317 g/mol. The topological polar surface area (TPSA) is 30.3 Å². The van der Waals surface area contributed by atoms with Crippen molar-refractivity contribution in [3.05, 3.63) is 53.1 Å². The van der Waals surface area contributed by atoms with Crippen LogP contribution < -0.4 is 0 Å². The van der Waals surface area contributed by atoms with Crippen molar-refractivity contribution >= 4 is 0 Å². The van der Waals surface area contributed by atoms with E-state index in [0.29, 0.717) is 5.92 Å². The van der Waals surface area contributed by atoms with Gasteiger partial charge in [0.1, 0.15) is 5.82 Å². The number of hydrogen-bond acceptors (Lipinski definition) is 3. The predicted molar refractivity (Wildman–Crippen MR) is 94.7 cm³/mol. The van der Waals surface area contributed by atoms with Crippen molar-refractivity contribution in [1.29, 1.82) is 0 Å². The van der Waals surface area contributed by atoms with Crippen LogP contribution in [0.4, 0.5) is 4.39 Å². The van der Waals surface area contributed by atoms with Crippen LogP contribution in [0.3, 0.4) is 0 Å². The van der Waals surface area contributed by atoms with E-state index in [1.807, 2.05) is 19.1 Å². The molecule has 1 aromatic carbocycles. The lowest BCUT2D eigenvalue weighted by molar-refractivity contribution is 0.105. The van der Waals surface area contributed by atoms with E-state index in [9.17, 15) is 4.39 Å². The third-order valence-corrected chi connectivity index (χ3v) is 5.15. The number of ether oxygens (including phenoxy) is 1. The summed E-state index contributed by atoms with van der Waals surface area (Å²) in [6.07, 6.45) is 4.92. The van der Waals surface area contributed by atoms with Crippen LogP contribution in [-0.4, -0.2) is 34.4 Å². The molecule has 2 aromatic rings. The fourth-order valence-electron chi connectivity index (χ4n) is 3.66. The normalized spacial score (nSPS) is 20.6. The van der Waals surface area contributed by atoms with Gasteiger partial charge in [-0.25, -0.2) is 4.39 Å². The van der Waals surface area contributed by atoms with Gasteiger partial charge in [0, 0.05) is 50.5 Å². The van der Waals surface area contributed by atoms with Crippen LogP contribution in [0.15, 0.2) is 30.5 Å². The minimum atomic E-state index is -0.183. The summed E-state index contributed by atoms with van der Waals surface area (Å²) in [5, 5.41) is 4.85. The van der Waals surface area contributed by atoms with Crippen LogP contribution in [0.5, 0.6) is 0 Å². The molecule has 4 rings (SSSR count). The molecule has 0 unspecified atom stereocenters. The highest BCUT2D eigenvalue weighted by atomic mass is 19.1. The van der Waals surface area contributed by atoms with Crippen LogP contribution in [0, 0.1) is 11.7 Å². The molecule has 0 bridgehead atoms. The molecule has 0 radical (unpaired) electrons. The van der Waals surface area contributed by atoms with Gasteiger partial charge in [-0.15, -0.1) is 0 Å². The van der Waals surface area contributed by atoms with Crippen LogP contribution in [0.25, 0.3) is 0 Å². The van der Waals surface area contributed by atoms with Gasteiger partial charge in [0.15, 0.2) is 0 Å². The Balaban J connectivity index is 1.50. The van der Waals surface area contributed by atoms with E-state index in [0.717, 1.165) is 50.9 Å². The first kappa shape index (κ1) is 16.7. The third-order valence-electron chi connectivity index (χ3n) is 5.15. The Morgan fingerprint density at radius 2 is 2.04 bits per heavy atom. The Labute approximate surface area is 148 Å². The van der Waals surface area contributed by atoms with Gasteiger partial charge in [0.05, 0.1) is 12.3 Å². The minimum Gasteiger partial charge on any atom is -0.381 e. The quantitative estimate of drug-likeness (QED) is 0.770. The molecular formula is C20H26FN3O. The first-order valence-electron chi connectivity index (χ1n) is 9.32. The van der Waals surface area contributed by atoms with Crippen LogP contribution in [-0.2, 0) is 24.4 Å². The average molecular weight is 343 g/mol. The first-order valence-corrected chi connectivity index (χ1v) is 9.32. The minimum absolute atomic E-state index is 0.183. The van der Waals surface area contributed by atoms with Crippen molar-refractivity contribution in [2.45, 2.75) is 45.3 Å². The van der Waals surface area contributed by atoms with Crippen molar-refractivity contribution in [3.63, 3.8) is 0 Å². The van der Waals surface area contributed by atoms with Gasteiger partial charge < -0.3 is 4.74 Å². The monoisotopic (exact) mass is 343 g/mol. The predicted octanol–water partition coefficient (Wildman–Crippen LogP) is 3.57. The molecule has 1 atom stereocenters. The Morgan fingerprint density at radius 3 is 2.76 bits per heavy atom. The zero-order valence-electron chi connectivity index (χ0n) is 14.8. The van der Waals surface area contributed by atoms with Crippen LogP contribution in [0.1, 0.15) is 42.5 Å². The summed E-state index contributed by atoms with van der Waals surface area (Å²) in [5.41, 5.74) is 3.67. The summed E-state index contributed by atoms with van der Waals surface area (Å²) >= 11 is 0. The number of hydrogen-bond donors (Lipinski definition) is 0. The lowest BCUT2D eigenvalue weighted by Gasteiger charge is -2.32. The van der Waals surface area contributed by atoms with Gasteiger partial charge in [-0.1, -0.05) is 12.1 Å². The molecule has 2 heterocycles. The number of halogens is 1. The van der Waals surface area contributed by atoms with E-state index in [1.165, 1.54) is 36.2 Å². The smallest absolute Gasteiger partial charge is 0.123 e. The second kappa shape index (κ2) is 7.26. The highest BCUT2D eigenvalue weighted by Crippen LogP contribution is 2.33. The molecule has 25 heavy (non-hydrogen) atoms. The van der Waals surface area contributed by atoms with Gasteiger partial charge in [0.2, 0.25) is 0 Å². The molecule has 1 saturated carbocycles. The average Bonchev–Trinajstić information content (AvgIpc) is 3.32. The van der Waals surface area contributed by atoms with E-state index in [4.69, 9.17) is 9.84 Å². The maximum absolute atomic E-state index is 13.1. The lowest BCUT2D eigenvalue weighted by atomic mass is 9.95. The molecule has 1 aromatic heterocycles. The van der Waals surface area contributed by atoms with E-state index >= 15 is 0 Å². The molecule has 1 aliphatic heterocycles. The first-order chi connectivity index (χ1) is 12.2. The maximum Gasteiger partial charge on any atom is 0.123 e. The molecule has 134 valence electrons. The maximum atomic E-state index is 13.1. The molecule has 2 aliphatic rings. The highest BCUT2D eigenvalue weighted by Gasteiger charge is 2.30. The second-order valence-electron chi connectivity index (χ2n) is 7.35. The standard InChI is InChI=1S/C20H26FN3O/c1-2-25-14-17-11-23(9-15-5-7-18(21)8-6-15)13-20-19(17)12-24(22-20)10-16-3-4-16/h5-8,12,16-17H,2-4,9-11,13-14H2,1H3/t17-/m0/s1. The Morgan fingerprint density at radius 1 is 1.24 bits per heavy atom. The van der Waals surface area contributed by atoms with Gasteiger partial charge in [-0.05, 0) is 43.4 Å². The number of benzene rings is 1. The number of nitrogens with zero attached hydrogens (tertiary/aromatic N) is 3. The number of fused-ring (bicyclic) bond motifs is 1. The van der Waals surface area contributed by atoms with Crippen molar-refractivity contribution in [3.8, 4) is 0 Å². The zero-order chi connectivity index (χ0) is 17.2. The summed E-state index contributed by atoms with van der Waals surface area (Å²) in [6, 6.07) is 6.81. The molecule has 4 nitrogen and oxygen atoms in total.